The van der Waals surface area contributed by atoms with E-state index in [2.05, 4.69) is 0 Å². The van der Waals surface area contributed by atoms with Crippen molar-refractivity contribution >= 4 is 17.7 Å². The lowest BCUT2D eigenvalue weighted by atomic mass is 10.1. The maximum absolute atomic E-state index is 10.7. The van der Waals surface area contributed by atoms with Gasteiger partial charge in [-0.3, -0.25) is 4.79 Å². The third kappa shape index (κ3) is 0.764. The van der Waals surface area contributed by atoms with Crippen LogP contribution in [0.15, 0.2) is 0 Å². The van der Waals surface area contributed by atoms with Crippen LogP contribution in [-0.2, 0) is 4.79 Å². The molecule has 0 amide bonds. The minimum absolute atomic E-state index is 0.00174. The summed E-state index contributed by atoms with van der Waals surface area (Å²) in [4.78, 5) is 10.7. The molecule has 1 N–H and O–H groups in total. The van der Waals surface area contributed by atoms with Crippen molar-refractivity contribution in [2.45, 2.75) is 25.0 Å². The van der Waals surface area contributed by atoms with Gasteiger partial charge in [0.2, 0.25) is 0 Å². The number of carboxylic acids is 1. The summed E-state index contributed by atoms with van der Waals surface area (Å²) in [5, 5.41) is 8.82. The molecule has 0 aromatic rings. The number of rotatable bonds is 2. The van der Waals surface area contributed by atoms with Gasteiger partial charge in [0, 0.05) is 0 Å². The average molecular weight is 160 g/mol. The first-order chi connectivity index (χ1) is 4.46. The standard InChI is InChI=1S/C7H12O2S/c1-6(2)4-7(6,10-3)5(8)9/h4H2,1-3H3,(H,8,9). The molecule has 0 bridgehead atoms. The van der Waals surface area contributed by atoms with Gasteiger partial charge in [0.1, 0.15) is 4.75 Å². The first-order valence-electron chi connectivity index (χ1n) is 3.25. The Morgan fingerprint density at radius 1 is 1.60 bits per heavy atom. The Labute approximate surface area is 65.0 Å². The molecule has 1 fully saturated rings. The van der Waals surface area contributed by atoms with Crippen LogP contribution in [0.3, 0.4) is 0 Å². The first kappa shape index (κ1) is 7.92. The Morgan fingerprint density at radius 2 is 2.00 bits per heavy atom. The van der Waals surface area contributed by atoms with Gasteiger partial charge in [-0.1, -0.05) is 13.8 Å². The average Bonchev–Trinajstić information content (AvgIpc) is 2.35. The summed E-state index contributed by atoms with van der Waals surface area (Å²) >= 11 is 1.45. The van der Waals surface area contributed by atoms with Gasteiger partial charge in [-0.05, 0) is 18.1 Å². The summed E-state index contributed by atoms with van der Waals surface area (Å²) in [5.74, 6) is -0.662. The molecule has 0 aromatic heterocycles. The molecule has 1 aliphatic carbocycles. The van der Waals surface area contributed by atoms with E-state index >= 15 is 0 Å². The molecule has 0 spiro atoms. The number of carboxylic acid groups (broad SMARTS) is 1. The van der Waals surface area contributed by atoms with Gasteiger partial charge in [0.25, 0.3) is 0 Å². The van der Waals surface area contributed by atoms with Crippen LogP contribution in [0.1, 0.15) is 20.3 Å². The fraction of sp³-hybridized carbons (Fsp3) is 0.857. The lowest BCUT2D eigenvalue weighted by Gasteiger charge is -2.11. The molecular formula is C7H12O2S. The summed E-state index contributed by atoms with van der Waals surface area (Å²) in [6.45, 7) is 4.00. The molecule has 3 heteroatoms. The van der Waals surface area contributed by atoms with Gasteiger partial charge in [0.15, 0.2) is 0 Å². The van der Waals surface area contributed by atoms with Crippen molar-refractivity contribution in [3.63, 3.8) is 0 Å². The van der Waals surface area contributed by atoms with E-state index in [0.717, 1.165) is 6.42 Å². The van der Waals surface area contributed by atoms with Crippen LogP contribution in [0.4, 0.5) is 0 Å². The van der Waals surface area contributed by atoms with Crippen LogP contribution >= 0.6 is 11.8 Å². The largest absolute Gasteiger partial charge is 0.480 e. The second kappa shape index (κ2) is 1.91. The van der Waals surface area contributed by atoms with Gasteiger partial charge in [0.05, 0.1) is 0 Å². The Bertz CT molecular complexity index is 176. The highest BCUT2D eigenvalue weighted by atomic mass is 32.2. The minimum atomic E-state index is -0.662. The van der Waals surface area contributed by atoms with E-state index in [1.54, 1.807) is 0 Å². The van der Waals surface area contributed by atoms with Gasteiger partial charge < -0.3 is 5.11 Å². The first-order valence-corrected chi connectivity index (χ1v) is 4.47. The van der Waals surface area contributed by atoms with Crippen molar-refractivity contribution in [1.82, 2.24) is 0 Å². The topological polar surface area (TPSA) is 37.3 Å². The molecule has 1 rings (SSSR count). The van der Waals surface area contributed by atoms with E-state index in [4.69, 9.17) is 5.11 Å². The molecule has 0 aliphatic heterocycles. The molecular weight excluding hydrogens is 148 g/mol. The van der Waals surface area contributed by atoms with E-state index in [1.165, 1.54) is 11.8 Å². The zero-order valence-electron chi connectivity index (χ0n) is 6.47. The molecule has 1 atom stereocenters. The van der Waals surface area contributed by atoms with Crippen molar-refractivity contribution in [1.29, 1.82) is 0 Å². The summed E-state index contributed by atoms with van der Waals surface area (Å²) in [6, 6.07) is 0. The normalized spacial score (nSPS) is 35.5. The molecule has 0 saturated heterocycles. The zero-order valence-corrected chi connectivity index (χ0v) is 7.29. The molecule has 1 aliphatic rings. The fourth-order valence-electron chi connectivity index (χ4n) is 1.38. The smallest absolute Gasteiger partial charge is 0.320 e. The van der Waals surface area contributed by atoms with E-state index in [0.29, 0.717) is 0 Å². The van der Waals surface area contributed by atoms with Crippen molar-refractivity contribution < 1.29 is 9.90 Å². The molecule has 1 unspecified atom stereocenters. The quantitative estimate of drug-likeness (QED) is 0.666. The third-order valence-corrected chi connectivity index (χ3v) is 3.92. The fourth-order valence-corrected chi connectivity index (χ4v) is 2.61. The number of aliphatic carboxylic acids is 1. The van der Waals surface area contributed by atoms with Gasteiger partial charge >= 0.3 is 5.97 Å². The highest BCUT2D eigenvalue weighted by molar-refractivity contribution is 8.01. The summed E-state index contributed by atoms with van der Waals surface area (Å²) < 4.78 is -0.479. The van der Waals surface area contributed by atoms with Gasteiger partial charge in [-0.2, -0.15) is 0 Å². The van der Waals surface area contributed by atoms with E-state index in [9.17, 15) is 4.79 Å². The Morgan fingerprint density at radius 3 is 2.00 bits per heavy atom. The monoisotopic (exact) mass is 160 g/mol. The number of hydrogen-bond acceptors (Lipinski definition) is 2. The number of hydrogen-bond donors (Lipinski definition) is 1. The second-order valence-electron chi connectivity index (χ2n) is 3.40. The highest BCUT2D eigenvalue weighted by Gasteiger charge is 2.66. The van der Waals surface area contributed by atoms with E-state index < -0.39 is 10.7 Å². The summed E-state index contributed by atoms with van der Waals surface area (Å²) in [6.07, 6.45) is 2.67. The molecule has 10 heavy (non-hydrogen) atoms. The summed E-state index contributed by atoms with van der Waals surface area (Å²) in [7, 11) is 0. The molecule has 2 nitrogen and oxygen atoms in total. The van der Waals surface area contributed by atoms with Gasteiger partial charge in [-0.25, -0.2) is 0 Å². The lowest BCUT2D eigenvalue weighted by molar-refractivity contribution is -0.137. The maximum Gasteiger partial charge on any atom is 0.320 e. The predicted molar refractivity (Wildman–Crippen MR) is 42.3 cm³/mol. The Balaban J connectivity index is 2.78. The van der Waals surface area contributed by atoms with Crippen LogP contribution in [0, 0.1) is 5.41 Å². The number of thioether (sulfide) groups is 1. The van der Waals surface area contributed by atoms with Crippen molar-refractivity contribution in [3.05, 3.63) is 0 Å². The molecule has 1 saturated carbocycles. The van der Waals surface area contributed by atoms with Crippen LogP contribution < -0.4 is 0 Å². The van der Waals surface area contributed by atoms with Crippen molar-refractivity contribution in [2.24, 2.45) is 5.41 Å². The number of carbonyl (C=O) groups is 1. The zero-order chi connectivity index (χ0) is 7.99. The van der Waals surface area contributed by atoms with Crippen LogP contribution in [0.25, 0.3) is 0 Å². The van der Waals surface area contributed by atoms with Crippen molar-refractivity contribution in [2.75, 3.05) is 6.26 Å². The second-order valence-corrected chi connectivity index (χ2v) is 4.50. The Kier molecular flexibility index (Phi) is 1.51. The van der Waals surface area contributed by atoms with E-state index in [1.807, 2.05) is 20.1 Å². The van der Waals surface area contributed by atoms with Crippen LogP contribution in [0.2, 0.25) is 0 Å². The van der Waals surface area contributed by atoms with Crippen molar-refractivity contribution in [3.8, 4) is 0 Å². The molecule has 0 radical (unpaired) electrons. The summed E-state index contributed by atoms with van der Waals surface area (Å²) in [5.41, 5.74) is -0.00174. The minimum Gasteiger partial charge on any atom is -0.480 e. The SMILES string of the molecule is CSC1(C(=O)O)CC1(C)C. The molecule has 0 heterocycles. The van der Waals surface area contributed by atoms with Gasteiger partial charge in [-0.15, -0.1) is 11.8 Å². The molecule has 58 valence electrons. The molecule has 0 aromatic carbocycles. The van der Waals surface area contributed by atoms with Crippen LogP contribution in [-0.4, -0.2) is 22.1 Å². The lowest BCUT2D eigenvalue weighted by Crippen LogP contribution is -2.23. The van der Waals surface area contributed by atoms with Crippen LogP contribution in [0.5, 0.6) is 0 Å². The third-order valence-electron chi connectivity index (χ3n) is 2.35. The highest BCUT2D eigenvalue weighted by Crippen LogP contribution is 2.63. The predicted octanol–water partition coefficient (Wildman–Crippen LogP) is 1.60. The Hall–Kier alpha value is -0.180. The maximum atomic E-state index is 10.7. The van der Waals surface area contributed by atoms with E-state index in [-0.39, 0.29) is 5.41 Å².